The molecular weight excluding hydrogens is 248 g/mol. The predicted molar refractivity (Wildman–Crippen MR) is 81.3 cm³/mol. The highest BCUT2D eigenvalue weighted by molar-refractivity contribution is 5.22. The molecule has 0 spiro atoms. The lowest BCUT2D eigenvalue weighted by Crippen LogP contribution is -2.15. The molecule has 2 rings (SSSR count). The van der Waals surface area contributed by atoms with Gasteiger partial charge in [-0.3, -0.25) is 0 Å². The molecule has 0 fully saturated rings. The summed E-state index contributed by atoms with van der Waals surface area (Å²) in [7, 11) is 0. The number of rotatable bonds is 6. The van der Waals surface area contributed by atoms with Crippen LogP contribution in [0.1, 0.15) is 36.6 Å². The summed E-state index contributed by atoms with van der Waals surface area (Å²) >= 11 is 0. The van der Waals surface area contributed by atoms with Crippen LogP contribution in [-0.4, -0.2) is 14.8 Å². The van der Waals surface area contributed by atoms with Gasteiger partial charge in [-0.2, -0.15) is 0 Å². The lowest BCUT2D eigenvalue weighted by atomic mass is 10.1. The first kappa shape index (κ1) is 14.7. The Morgan fingerprint density at radius 3 is 2.55 bits per heavy atom. The number of benzene rings is 1. The van der Waals surface area contributed by atoms with Gasteiger partial charge in [0.25, 0.3) is 0 Å². The molecule has 2 N–H and O–H groups in total. The molecule has 0 saturated heterocycles. The second kappa shape index (κ2) is 6.66. The molecule has 1 aromatic heterocycles. The summed E-state index contributed by atoms with van der Waals surface area (Å²) < 4.78 is 2.18. The standard InChI is InChI=1S/C16H24N4/c1-12(2)11-20-15(18-19-16(20)10-17)8-7-14-6-4-5-13(3)9-14/h4-6,9,12H,7-8,10-11,17H2,1-3H3. The van der Waals surface area contributed by atoms with E-state index in [0.29, 0.717) is 12.5 Å². The summed E-state index contributed by atoms with van der Waals surface area (Å²) in [5.74, 6) is 2.49. The molecule has 0 atom stereocenters. The molecule has 20 heavy (non-hydrogen) atoms. The van der Waals surface area contributed by atoms with Crippen molar-refractivity contribution in [3.8, 4) is 0 Å². The summed E-state index contributed by atoms with van der Waals surface area (Å²) in [6.45, 7) is 7.90. The Morgan fingerprint density at radius 1 is 1.15 bits per heavy atom. The monoisotopic (exact) mass is 272 g/mol. The van der Waals surface area contributed by atoms with Crippen LogP contribution in [0.5, 0.6) is 0 Å². The van der Waals surface area contributed by atoms with E-state index in [2.05, 4.69) is 59.8 Å². The Balaban J connectivity index is 2.11. The predicted octanol–water partition coefficient (Wildman–Crippen LogP) is 2.49. The molecule has 0 unspecified atom stereocenters. The quantitative estimate of drug-likeness (QED) is 0.879. The van der Waals surface area contributed by atoms with Crippen molar-refractivity contribution in [1.82, 2.24) is 14.8 Å². The summed E-state index contributed by atoms with van der Waals surface area (Å²) in [4.78, 5) is 0. The zero-order valence-electron chi connectivity index (χ0n) is 12.6. The van der Waals surface area contributed by atoms with Crippen LogP contribution in [0.2, 0.25) is 0 Å². The van der Waals surface area contributed by atoms with Crippen LogP contribution in [0.3, 0.4) is 0 Å². The van der Waals surface area contributed by atoms with Gasteiger partial charge in [-0.15, -0.1) is 10.2 Å². The highest BCUT2D eigenvalue weighted by Crippen LogP contribution is 2.11. The minimum absolute atomic E-state index is 0.449. The van der Waals surface area contributed by atoms with Crippen LogP contribution in [-0.2, 0) is 25.9 Å². The topological polar surface area (TPSA) is 56.7 Å². The Kier molecular flexibility index (Phi) is 4.90. The van der Waals surface area contributed by atoms with E-state index in [9.17, 15) is 0 Å². The second-order valence-electron chi connectivity index (χ2n) is 5.73. The Labute approximate surface area is 121 Å². The molecule has 0 saturated carbocycles. The summed E-state index contributed by atoms with van der Waals surface area (Å²) in [5.41, 5.74) is 8.39. The van der Waals surface area contributed by atoms with E-state index < -0.39 is 0 Å². The molecular formula is C16H24N4. The number of nitrogens with zero attached hydrogens (tertiary/aromatic N) is 3. The lowest BCUT2D eigenvalue weighted by Gasteiger charge is -2.12. The van der Waals surface area contributed by atoms with E-state index in [1.807, 2.05) is 0 Å². The van der Waals surface area contributed by atoms with E-state index in [4.69, 9.17) is 5.73 Å². The maximum Gasteiger partial charge on any atom is 0.146 e. The van der Waals surface area contributed by atoms with Crippen LogP contribution >= 0.6 is 0 Å². The van der Waals surface area contributed by atoms with Crippen molar-refractivity contribution >= 4 is 0 Å². The van der Waals surface area contributed by atoms with E-state index in [1.54, 1.807) is 0 Å². The van der Waals surface area contributed by atoms with Crippen LogP contribution in [0.15, 0.2) is 24.3 Å². The molecule has 0 aliphatic carbocycles. The molecule has 0 bridgehead atoms. The zero-order valence-corrected chi connectivity index (χ0v) is 12.6. The molecule has 108 valence electrons. The largest absolute Gasteiger partial charge is 0.324 e. The number of aryl methyl sites for hydroxylation is 3. The first-order valence-electron chi connectivity index (χ1n) is 7.26. The summed E-state index contributed by atoms with van der Waals surface area (Å²) in [5, 5.41) is 8.52. The third kappa shape index (κ3) is 3.67. The van der Waals surface area contributed by atoms with Gasteiger partial charge in [0.15, 0.2) is 0 Å². The van der Waals surface area contributed by atoms with E-state index in [-0.39, 0.29) is 0 Å². The minimum atomic E-state index is 0.449. The third-order valence-corrected chi connectivity index (χ3v) is 3.35. The number of hydrogen-bond donors (Lipinski definition) is 1. The Hall–Kier alpha value is -1.68. The van der Waals surface area contributed by atoms with Crippen molar-refractivity contribution < 1.29 is 0 Å². The van der Waals surface area contributed by atoms with Crippen molar-refractivity contribution in [2.75, 3.05) is 0 Å². The molecule has 2 aromatic rings. The SMILES string of the molecule is Cc1cccc(CCc2nnc(CN)n2CC(C)C)c1. The van der Waals surface area contributed by atoms with Gasteiger partial charge in [-0.05, 0) is 24.8 Å². The van der Waals surface area contributed by atoms with E-state index in [1.165, 1.54) is 11.1 Å². The number of nitrogens with two attached hydrogens (primary N) is 1. The second-order valence-corrected chi connectivity index (χ2v) is 5.73. The van der Waals surface area contributed by atoms with Gasteiger partial charge in [0.1, 0.15) is 11.6 Å². The maximum absolute atomic E-state index is 5.74. The average molecular weight is 272 g/mol. The van der Waals surface area contributed by atoms with Gasteiger partial charge in [0, 0.05) is 13.0 Å². The van der Waals surface area contributed by atoms with Gasteiger partial charge in [-0.1, -0.05) is 43.7 Å². The molecule has 0 amide bonds. The molecule has 1 aromatic carbocycles. The lowest BCUT2D eigenvalue weighted by molar-refractivity contribution is 0.491. The van der Waals surface area contributed by atoms with Crippen LogP contribution in [0.25, 0.3) is 0 Å². The van der Waals surface area contributed by atoms with E-state index in [0.717, 1.165) is 31.0 Å². The Morgan fingerprint density at radius 2 is 1.90 bits per heavy atom. The van der Waals surface area contributed by atoms with Crippen molar-refractivity contribution in [2.45, 2.75) is 46.7 Å². The van der Waals surface area contributed by atoms with Crippen LogP contribution in [0.4, 0.5) is 0 Å². The normalized spacial score (nSPS) is 11.2. The van der Waals surface area contributed by atoms with Crippen LogP contribution < -0.4 is 5.73 Å². The summed E-state index contributed by atoms with van der Waals surface area (Å²) in [6, 6.07) is 8.62. The van der Waals surface area contributed by atoms with Gasteiger partial charge in [-0.25, -0.2) is 0 Å². The van der Waals surface area contributed by atoms with Gasteiger partial charge < -0.3 is 10.3 Å². The molecule has 1 heterocycles. The third-order valence-electron chi connectivity index (χ3n) is 3.35. The smallest absolute Gasteiger partial charge is 0.146 e. The number of aromatic nitrogens is 3. The maximum atomic E-state index is 5.74. The van der Waals surface area contributed by atoms with Gasteiger partial charge >= 0.3 is 0 Å². The number of hydrogen-bond acceptors (Lipinski definition) is 3. The van der Waals surface area contributed by atoms with Gasteiger partial charge in [0.2, 0.25) is 0 Å². The minimum Gasteiger partial charge on any atom is -0.324 e. The van der Waals surface area contributed by atoms with Crippen LogP contribution in [0, 0.1) is 12.8 Å². The zero-order chi connectivity index (χ0) is 14.5. The van der Waals surface area contributed by atoms with Gasteiger partial charge in [0.05, 0.1) is 6.54 Å². The highest BCUT2D eigenvalue weighted by atomic mass is 15.3. The highest BCUT2D eigenvalue weighted by Gasteiger charge is 2.12. The van der Waals surface area contributed by atoms with Crippen molar-refractivity contribution in [2.24, 2.45) is 11.7 Å². The molecule has 0 radical (unpaired) electrons. The molecule has 0 aliphatic heterocycles. The Bertz CT molecular complexity index is 557. The first-order valence-corrected chi connectivity index (χ1v) is 7.26. The fraction of sp³-hybridized carbons (Fsp3) is 0.500. The van der Waals surface area contributed by atoms with Crippen molar-refractivity contribution in [3.63, 3.8) is 0 Å². The molecule has 4 nitrogen and oxygen atoms in total. The fourth-order valence-electron chi connectivity index (χ4n) is 2.41. The fourth-order valence-corrected chi connectivity index (χ4v) is 2.41. The van der Waals surface area contributed by atoms with Crippen molar-refractivity contribution in [3.05, 3.63) is 47.0 Å². The molecule has 0 aliphatic rings. The first-order chi connectivity index (χ1) is 9.60. The van der Waals surface area contributed by atoms with Crippen molar-refractivity contribution in [1.29, 1.82) is 0 Å². The summed E-state index contributed by atoms with van der Waals surface area (Å²) in [6.07, 6.45) is 1.89. The van der Waals surface area contributed by atoms with E-state index >= 15 is 0 Å². The average Bonchev–Trinajstić information content (AvgIpc) is 2.78. The molecule has 4 heteroatoms.